The fraction of sp³-hybridized carbons (Fsp3) is 0.0500. The van der Waals surface area contributed by atoms with E-state index >= 15 is 0 Å². The molecule has 0 aliphatic rings. The molecular formula is C20H17N5OS. The van der Waals surface area contributed by atoms with Crippen LogP contribution in [0, 0.1) is 0 Å². The number of aromatic nitrogens is 3. The van der Waals surface area contributed by atoms with Crippen LogP contribution in [0.1, 0.15) is 5.56 Å². The van der Waals surface area contributed by atoms with Gasteiger partial charge in [-0.15, -0.1) is 11.3 Å². The van der Waals surface area contributed by atoms with Gasteiger partial charge in [0.2, 0.25) is 5.95 Å². The first kappa shape index (κ1) is 17.1. The summed E-state index contributed by atoms with van der Waals surface area (Å²) in [7, 11) is 0. The van der Waals surface area contributed by atoms with Gasteiger partial charge in [0.15, 0.2) is 0 Å². The van der Waals surface area contributed by atoms with Gasteiger partial charge in [0, 0.05) is 23.1 Å². The third-order valence-electron chi connectivity index (χ3n) is 4.04. The summed E-state index contributed by atoms with van der Waals surface area (Å²) in [5.74, 6) is 0.475. The number of aliphatic hydroxyl groups excluding tert-OH is 1. The standard InChI is InChI=1S/C20H17N5OS/c21-16-7-2-1-6-15(16)18-19(27-12-23-18)17-8-9-22-20(25-17)24-14-5-3-4-13(10-14)11-26/h1-10,12,26H,11,21H2,(H,22,24,25). The second-order valence-corrected chi connectivity index (χ2v) is 6.72. The number of rotatable bonds is 5. The molecule has 4 N–H and O–H groups in total. The largest absolute Gasteiger partial charge is 0.398 e. The minimum absolute atomic E-state index is 0.0147. The molecule has 0 unspecified atom stereocenters. The van der Waals surface area contributed by atoms with Crippen LogP contribution in [-0.4, -0.2) is 20.1 Å². The molecule has 0 saturated carbocycles. The highest BCUT2D eigenvalue weighted by Gasteiger charge is 2.15. The van der Waals surface area contributed by atoms with E-state index in [0.29, 0.717) is 11.6 Å². The Bertz CT molecular complexity index is 1080. The smallest absolute Gasteiger partial charge is 0.227 e. The fourth-order valence-corrected chi connectivity index (χ4v) is 3.53. The van der Waals surface area contributed by atoms with Crippen molar-refractivity contribution < 1.29 is 5.11 Å². The lowest BCUT2D eigenvalue weighted by molar-refractivity contribution is 0.282. The normalized spacial score (nSPS) is 10.7. The summed E-state index contributed by atoms with van der Waals surface area (Å²) in [4.78, 5) is 14.3. The van der Waals surface area contributed by atoms with Gasteiger partial charge in [-0.05, 0) is 29.8 Å². The topological polar surface area (TPSA) is 97.0 Å². The lowest BCUT2D eigenvalue weighted by Gasteiger charge is -2.08. The Labute approximate surface area is 160 Å². The molecule has 27 heavy (non-hydrogen) atoms. The maximum atomic E-state index is 9.28. The molecule has 0 spiro atoms. The van der Waals surface area contributed by atoms with Crippen molar-refractivity contribution >= 4 is 28.7 Å². The van der Waals surface area contributed by atoms with Crippen LogP contribution in [0.3, 0.4) is 0 Å². The lowest BCUT2D eigenvalue weighted by atomic mass is 10.1. The number of benzene rings is 2. The first-order valence-corrected chi connectivity index (χ1v) is 9.21. The summed E-state index contributed by atoms with van der Waals surface area (Å²) in [5.41, 5.74) is 12.7. The zero-order valence-corrected chi connectivity index (χ0v) is 15.1. The van der Waals surface area contributed by atoms with Crippen LogP contribution >= 0.6 is 11.3 Å². The molecule has 7 heteroatoms. The Kier molecular flexibility index (Phi) is 4.78. The molecule has 0 bridgehead atoms. The van der Waals surface area contributed by atoms with Gasteiger partial charge in [-0.2, -0.15) is 0 Å². The molecule has 0 saturated heterocycles. The van der Waals surface area contributed by atoms with Crippen LogP contribution in [-0.2, 0) is 6.61 Å². The number of hydrogen-bond acceptors (Lipinski definition) is 7. The highest BCUT2D eigenvalue weighted by Crippen LogP contribution is 2.36. The zero-order valence-electron chi connectivity index (χ0n) is 14.3. The second-order valence-electron chi connectivity index (χ2n) is 5.87. The van der Waals surface area contributed by atoms with E-state index in [1.165, 1.54) is 11.3 Å². The van der Waals surface area contributed by atoms with Gasteiger partial charge < -0.3 is 16.2 Å². The first-order chi connectivity index (χ1) is 13.2. The minimum Gasteiger partial charge on any atom is -0.398 e. The molecule has 4 aromatic rings. The predicted molar refractivity (Wildman–Crippen MR) is 109 cm³/mol. The Morgan fingerprint density at radius 3 is 2.78 bits per heavy atom. The summed E-state index contributed by atoms with van der Waals surface area (Å²) >= 11 is 1.51. The summed E-state index contributed by atoms with van der Waals surface area (Å²) in [6.07, 6.45) is 1.71. The van der Waals surface area contributed by atoms with Crippen LogP contribution < -0.4 is 11.1 Å². The van der Waals surface area contributed by atoms with E-state index in [9.17, 15) is 5.11 Å². The van der Waals surface area contributed by atoms with Crippen molar-refractivity contribution in [3.8, 4) is 21.8 Å². The number of nitrogen functional groups attached to an aromatic ring is 1. The van der Waals surface area contributed by atoms with Gasteiger partial charge in [0.1, 0.15) is 0 Å². The quantitative estimate of drug-likeness (QED) is 0.455. The van der Waals surface area contributed by atoms with E-state index in [1.54, 1.807) is 11.7 Å². The van der Waals surface area contributed by atoms with Gasteiger partial charge in [0.05, 0.1) is 28.4 Å². The molecule has 134 valence electrons. The number of nitrogens with one attached hydrogen (secondary N) is 1. The second kappa shape index (κ2) is 7.53. The van der Waals surface area contributed by atoms with E-state index in [4.69, 9.17) is 5.73 Å². The fourth-order valence-electron chi connectivity index (χ4n) is 2.75. The van der Waals surface area contributed by atoms with Crippen molar-refractivity contribution in [3.63, 3.8) is 0 Å². The Balaban J connectivity index is 1.68. The van der Waals surface area contributed by atoms with Crippen molar-refractivity contribution in [2.75, 3.05) is 11.1 Å². The van der Waals surface area contributed by atoms with Crippen LogP contribution in [0.25, 0.3) is 21.8 Å². The van der Waals surface area contributed by atoms with Crippen molar-refractivity contribution in [3.05, 3.63) is 71.9 Å². The van der Waals surface area contributed by atoms with Crippen LogP contribution in [0.5, 0.6) is 0 Å². The molecule has 0 amide bonds. The average molecular weight is 375 g/mol. The van der Waals surface area contributed by atoms with E-state index in [-0.39, 0.29) is 6.61 Å². The molecule has 0 atom stereocenters. The summed E-state index contributed by atoms with van der Waals surface area (Å²) in [6.45, 7) is -0.0147. The van der Waals surface area contributed by atoms with E-state index in [2.05, 4.69) is 20.3 Å². The molecule has 4 rings (SSSR count). The van der Waals surface area contributed by atoms with Gasteiger partial charge in [0.25, 0.3) is 0 Å². The SMILES string of the molecule is Nc1ccccc1-c1ncsc1-c1ccnc(Nc2cccc(CO)c2)n1. The average Bonchev–Trinajstić information content (AvgIpc) is 3.18. The number of nitrogens with two attached hydrogens (primary N) is 1. The van der Waals surface area contributed by atoms with E-state index in [1.807, 2.05) is 54.6 Å². The molecule has 0 radical (unpaired) electrons. The molecule has 2 aromatic carbocycles. The molecule has 2 aromatic heterocycles. The number of thiazole rings is 1. The Morgan fingerprint density at radius 1 is 1.04 bits per heavy atom. The predicted octanol–water partition coefficient (Wildman–Crippen LogP) is 4.09. The summed E-state index contributed by atoms with van der Waals surface area (Å²) < 4.78 is 0. The third kappa shape index (κ3) is 3.64. The maximum absolute atomic E-state index is 9.28. The van der Waals surface area contributed by atoms with Gasteiger partial charge in [-0.1, -0.05) is 30.3 Å². The van der Waals surface area contributed by atoms with Crippen LogP contribution in [0.15, 0.2) is 66.3 Å². The minimum atomic E-state index is -0.0147. The third-order valence-corrected chi connectivity index (χ3v) is 4.89. The van der Waals surface area contributed by atoms with Crippen molar-refractivity contribution in [2.24, 2.45) is 0 Å². The maximum Gasteiger partial charge on any atom is 0.227 e. The van der Waals surface area contributed by atoms with Crippen molar-refractivity contribution in [1.29, 1.82) is 0 Å². The number of aliphatic hydroxyl groups is 1. The van der Waals surface area contributed by atoms with Crippen molar-refractivity contribution in [1.82, 2.24) is 15.0 Å². The molecule has 2 heterocycles. The van der Waals surface area contributed by atoms with Crippen molar-refractivity contribution in [2.45, 2.75) is 6.61 Å². The monoisotopic (exact) mass is 375 g/mol. The van der Waals surface area contributed by atoms with E-state index in [0.717, 1.165) is 33.1 Å². The Morgan fingerprint density at radius 2 is 1.93 bits per heavy atom. The number of para-hydroxylation sites is 1. The summed E-state index contributed by atoms with van der Waals surface area (Å²) in [5, 5.41) is 12.5. The molecular weight excluding hydrogens is 358 g/mol. The molecule has 0 aliphatic carbocycles. The van der Waals surface area contributed by atoms with E-state index < -0.39 is 0 Å². The van der Waals surface area contributed by atoms with Crippen LogP contribution in [0.2, 0.25) is 0 Å². The molecule has 0 fully saturated rings. The Hall–Kier alpha value is -3.29. The summed E-state index contributed by atoms with van der Waals surface area (Å²) in [6, 6.07) is 17.0. The van der Waals surface area contributed by atoms with Gasteiger partial charge in [-0.25, -0.2) is 15.0 Å². The van der Waals surface area contributed by atoms with Gasteiger partial charge >= 0.3 is 0 Å². The number of hydrogen-bond donors (Lipinski definition) is 3. The number of anilines is 3. The highest BCUT2D eigenvalue weighted by atomic mass is 32.1. The van der Waals surface area contributed by atoms with Crippen LogP contribution in [0.4, 0.5) is 17.3 Å². The first-order valence-electron chi connectivity index (χ1n) is 8.33. The van der Waals surface area contributed by atoms with Gasteiger partial charge in [-0.3, -0.25) is 0 Å². The number of nitrogens with zero attached hydrogens (tertiary/aromatic N) is 3. The zero-order chi connectivity index (χ0) is 18.6. The lowest BCUT2D eigenvalue weighted by Crippen LogP contribution is -1.98. The molecule has 6 nitrogen and oxygen atoms in total. The highest BCUT2D eigenvalue weighted by molar-refractivity contribution is 7.13. The molecule has 0 aliphatic heterocycles.